The van der Waals surface area contributed by atoms with Crippen molar-refractivity contribution in [1.82, 2.24) is 34.6 Å². The highest BCUT2D eigenvalue weighted by atomic mass is 16.2. The Bertz CT molecular complexity index is 2720. The van der Waals surface area contributed by atoms with E-state index in [1.54, 1.807) is 11.2 Å². The van der Waals surface area contributed by atoms with Gasteiger partial charge in [0.25, 0.3) is 0 Å². The first-order valence-electron chi connectivity index (χ1n) is 23.2. The number of urea groups is 1. The lowest BCUT2D eigenvalue weighted by Gasteiger charge is -2.40. The number of piperazine rings is 1. The third-order valence-corrected chi connectivity index (χ3v) is 14.6. The minimum Gasteiger partial charge on any atom is -0.372 e. The van der Waals surface area contributed by atoms with Crippen LogP contribution in [0.1, 0.15) is 73.4 Å². The van der Waals surface area contributed by atoms with Crippen molar-refractivity contribution in [1.29, 1.82) is 0 Å². The Hall–Kier alpha value is -6.47. The molecule has 4 fully saturated rings. The van der Waals surface area contributed by atoms with Gasteiger partial charge in [-0.25, -0.2) is 19.6 Å². The first-order chi connectivity index (χ1) is 31.2. The fraction of sp³-hybridized carbons (Fsp3) is 0.392. The Labute approximate surface area is 374 Å². The van der Waals surface area contributed by atoms with E-state index in [4.69, 9.17) is 4.98 Å². The number of aryl methyl sites for hydroxylation is 1. The van der Waals surface area contributed by atoms with Crippen LogP contribution < -0.4 is 20.0 Å². The number of amides is 4. The van der Waals surface area contributed by atoms with Crippen molar-refractivity contribution in [3.05, 3.63) is 114 Å². The summed E-state index contributed by atoms with van der Waals surface area (Å²) in [5, 5.41) is 3.39. The largest absolute Gasteiger partial charge is 0.372 e. The van der Waals surface area contributed by atoms with Crippen molar-refractivity contribution in [3.8, 4) is 22.5 Å². The molecular weight excluding hydrogens is 801 g/mol. The Balaban J connectivity index is 0.684. The fourth-order valence-electron chi connectivity index (χ4n) is 10.7. The van der Waals surface area contributed by atoms with Gasteiger partial charge in [0.1, 0.15) is 12.0 Å². The first kappa shape index (κ1) is 40.3. The van der Waals surface area contributed by atoms with Crippen LogP contribution in [0.25, 0.3) is 33.5 Å². The van der Waals surface area contributed by atoms with Gasteiger partial charge in [0, 0.05) is 117 Å². The molecule has 11 rings (SSSR count). The number of nitrogens with zero attached hydrogens (tertiary/aromatic N) is 8. The van der Waals surface area contributed by atoms with Gasteiger partial charge < -0.3 is 19.7 Å². The first-order valence-corrected chi connectivity index (χ1v) is 23.2. The third-order valence-electron chi connectivity index (χ3n) is 14.6. The number of piperidine rings is 1. The van der Waals surface area contributed by atoms with Crippen LogP contribution in [0.4, 0.5) is 26.7 Å². The number of rotatable bonds is 10. The summed E-state index contributed by atoms with van der Waals surface area (Å²) >= 11 is 0. The summed E-state index contributed by atoms with van der Waals surface area (Å²) < 4.78 is 1.89. The second-order valence-corrected chi connectivity index (χ2v) is 18.5. The number of carbonyl (C=O) groups is 3. The van der Waals surface area contributed by atoms with Crippen molar-refractivity contribution in [2.45, 2.75) is 64.3 Å². The molecule has 0 bridgehead atoms. The number of H-pyrrole nitrogens is 1. The van der Waals surface area contributed by atoms with Crippen LogP contribution in [0.2, 0.25) is 0 Å². The summed E-state index contributed by atoms with van der Waals surface area (Å²) in [5.41, 5.74) is 13.0. The van der Waals surface area contributed by atoms with Gasteiger partial charge in [0.05, 0.1) is 11.7 Å². The van der Waals surface area contributed by atoms with Gasteiger partial charge in [-0.15, -0.1) is 0 Å². The number of imide groups is 1. The smallest absolute Gasteiger partial charge is 0.328 e. The maximum absolute atomic E-state index is 13.7. The van der Waals surface area contributed by atoms with E-state index in [2.05, 4.69) is 111 Å². The molecule has 3 saturated heterocycles. The molecular formula is C51H56N10O3. The summed E-state index contributed by atoms with van der Waals surface area (Å²) in [6.45, 7) is 12.8. The second-order valence-electron chi connectivity index (χ2n) is 18.5. The van der Waals surface area contributed by atoms with Crippen molar-refractivity contribution >= 4 is 46.1 Å². The summed E-state index contributed by atoms with van der Waals surface area (Å²) in [7, 11) is 0. The zero-order valence-electron chi connectivity index (χ0n) is 36.8. The highest BCUT2D eigenvalue weighted by Crippen LogP contribution is 2.43. The van der Waals surface area contributed by atoms with E-state index in [0.29, 0.717) is 24.8 Å². The van der Waals surface area contributed by atoms with Crippen LogP contribution in [0.15, 0.2) is 91.4 Å². The van der Waals surface area contributed by atoms with Crippen LogP contribution in [0.5, 0.6) is 0 Å². The van der Waals surface area contributed by atoms with E-state index in [1.807, 2.05) is 27.8 Å². The predicted octanol–water partition coefficient (Wildman–Crippen LogP) is 8.35. The molecule has 0 radical (unpaired) electrons. The molecule has 1 atom stereocenters. The number of aromatic amines is 1. The Kier molecular flexibility index (Phi) is 10.4. The average Bonchev–Trinajstić information content (AvgIpc) is 3.91. The summed E-state index contributed by atoms with van der Waals surface area (Å²) in [6, 6.07) is 27.6. The molecule has 3 aromatic heterocycles. The minimum atomic E-state index is -0.344. The van der Waals surface area contributed by atoms with Gasteiger partial charge in [-0.2, -0.15) is 0 Å². The van der Waals surface area contributed by atoms with Gasteiger partial charge in [0.2, 0.25) is 5.91 Å². The number of hydrogen-bond acceptors (Lipinski definition) is 8. The quantitative estimate of drug-likeness (QED) is 0.141. The van der Waals surface area contributed by atoms with Gasteiger partial charge in [0.15, 0.2) is 0 Å². The molecule has 0 spiro atoms. The van der Waals surface area contributed by atoms with E-state index < -0.39 is 0 Å². The van der Waals surface area contributed by atoms with Crippen molar-refractivity contribution in [2.75, 3.05) is 73.6 Å². The summed E-state index contributed by atoms with van der Waals surface area (Å²) in [6.07, 6.45) is 9.68. The highest BCUT2D eigenvalue weighted by molar-refractivity contribution is 6.05. The van der Waals surface area contributed by atoms with Gasteiger partial charge in [-0.05, 0) is 128 Å². The molecule has 13 heteroatoms. The zero-order valence-corrected chi connectivity index (χ0v) is 36.8. The Morgan fingerprint density at radius 3 is 2.14 bits per heavy atom. The van der Waals surface area contributed by atoms with Crippen LogP contribution in [0, 0.1) is 12.8 Å². The molecule has 2 N–H and O–H groups in total. The highest BCUT2D eigenvalue weighted by Gasteiger charge is 2.35. The van der Waals surface area contributed by atoms with Crippen molar-refractivity contribution in [3.63, 3.8) is 0 Å². The maximum atomic E-state index is 13.7. The SMILES string of the molecule is Cc1cc(-c2ncnc3[nH]c(-c4ccc(N5CCN(CC6CCN(c7ccc(N8CCC(=O)NC8=O)cc7)CC6)CC5)cc4)cc23)ccc1C(C)N1CCc2c(C3CC3)ccn2C1=O. The standard InChI is InChI=1S/C51H56N10O3/c1-33-29-38(7-14-42(33)34(2)59-23-18-46-43(36-3-4-36)17-22-61(46)51(59)64)48-44-30-45(54-49(44)53-32-52-48)37-5-8-39(9-6-37)58-27-25-56(26-28-58)31-35-15-20-57(21-16-35)40-10-12-41(13-11-40)60-24-19-47(62)55-50(60)63/h5-14,17,22,29-30,32,34-36H,3-4,15-16,18-21,23-28,31H2,1-2H3,(H,52,53,54)(H,55,62,63). The lowest BCUT2D eigenvalue weighted by atomic mass is 9.95. The van der Waals surface area contributed by atoms with E-state index in [1.165, 1.54) is 48.3 Å². The van der Waals surface area contributed by atoms with Gasteiger partial charge in [-0.3, -0.25) is 24.5 Å². The predicted molar refractivity (Wildman–Crippen MR) is 251 cm³/mol. The molecule has 7 heterocycles. The number of anilines is 3. The van der Waals surface area contributed by atoms with Crippen molar-refractivity contribution in [2.24, 2.45) is 5.92 Å². The molecule has 1 unspecified atom stereocenters. The summed E-state index contributed by atoms with van der Waals surface area (Å²) in [5.74, 6) is 1.12. The molecule has 5 aliphatic rings. The lowest BCUT2D eigenvalue weighted by Crippen LogP contribution is -2.49. The maximum Gasteiger partial charge on any atom is 0.328 e. The van der Waals surface area contributed by atoms with E-state index in [0.717, 1.165) is 109 Å². The lowest BCUT2D eigenvalue weighted by molar-refractivity contribution is -0.120. The number of hydrogen-bond donors (Lipinski definition) is 2. The van der Waals surface area contributed by atoms with Crippen molar-refractivity contribution < 1.29 is 14.4 Å². The fourth-order valence-corrected chi connectivity index (χ4v) is 10.7. The Morgan fingerprint density at radius 1 is 0.719 bits per heavy atom. The average molecular weight is 857 g/mol. The van der Waals surface area contributed by atoms with E-state index >= 15 is 0 Å². The van der Waals surface area contributed by atoms with Crippen LogP contribution >= 0.6 is 0 Å². The van der Waals surface area contributed by atoms with Gasteiger partial charge >= 0.3 is 12.1 Å². The number of fused-ring (bicyclic) bond motifs is 2. The van der Waals surface area contributed by atoms with E-state index in [-0.39, 0.29) is 24.0 Å². The summed E-state index contributed by atoms with van der Waals surface area (Å²) in [4.78, 5) is 61.7. The molecule has 1 saturated carbocycles. The topological polar surface area (TPSA) is 126 Å². The molecule has 13 nitrogen and oxygen atoms in total. The van der Waals surface area contributed by atoms with E-state index in [9.17, 15) is 14.4 Å². The molecule has 3 aromatic carbocycles. The van der Waals surface area contributed by atoms with Crippen LogP contribution in [-0.2, 0) is 11.2 Å². The number of benzene rings is 3. The number of carbonyl (C=O) groups excluding carboxylic acids is 3. The third kappa shape index (κ3) is 7.69. The number of aromatic nitrogens is 4. The molecule has 1 aliphatic carbocycles. The normalized spacial score (nSPS) is 19.4. The monoisotopic (exact) mass is 856 g/mol. The van der Waals surface area contributed by atoms with Crippen LogP contribution in [0.3, 0.4) is 0 Å². The number of nitrogens with one attached hydrogen (secondary N) is 2. The molecule has 4 aliphatic heterocycles. The van der Waals surface area contributed by atoms with Crippen LogP contribution in [-0.4, -0.2) is 106 Å². The molecule has 64 heavy (non-hydrogen) atoms. The Morgan fingerprint density at radius 2 is 1.42 bits per heavy atom. The molecule has 6 aromatic rings. The molecule has 4 amide bonds. The molecule has 328 valence electrons. The van der Waals surface area contributed by atoms with Gasteiger partial charge in [-0.1, -0.05) is 24.3 Å². The minimum absolute atomic E-state index is 0.0421. The second kappa shape index (κ2) is 16.6. The zero-order chi connectivity index (χ0) is 43.5.